The SMILES string of the molecule is CCOC(=O)/C=C/c1ccc(F)cc1C#N. The fraction of sp³-hybridized carbons (Fsp3) is 0.167. The summed E-state index contributed by atoms with van der Waals surface area (Å²) in [5.74, 6) is -0.972. The summed E-state index contributed by atoms with van der Waals surface area (Å²) >= 11 is 0. The fourth-order valence-electron chi connectivity index (χ4n) is 1.12. The van der Waals surface area contributed by atoms with Crippen molar-refractivity contribution in [3.8, 4) is 6.07 Å². The smallest absolute Gasteiger partial charge is 0.330 e. The quantitative estimate of drug-likeness (QED) is 0.578. The number of esters is 1. The zero-order valence-electron chi connectivity index (χ0n) is 8.74. The molecule has 0 aliphatic rings. The van der Waals surface area contributed by atoms with Crippen molar-refractivity contribution in [2.75, 3.05) is 6.61 Å². The molecule has 0 aliphatic carbocycles. The highest BCUT2D eigenvalue weighted by Crippen LogP contribution is 2.12. The fourth-order valence-corrected chi connectivity index (χ4v) is 1.12. The van der Waals surface area contributed by atoms with Crippen molar-refractivity contribution in [1.82, 2.24) is 0 Å². The Kier molecular flexibility index (Phi) is 4.22. The van der Waals surface area contributed by atoms with Gasteiger partial charge in [0, 0.05) is 6.08 Å². The van der Waals surface area contributed by atoms with Crippen LogP contribution in [0.2, 0.25) is 0 Å². The third-order valence-corrected chi connectivity index (χ3v) is 1.82. The first-order valence-corrected chi connectivity index (χ1v) is 4.72. The first-order valence-electron chi connectivity index (χ1n) is 4.72. The molecular weight excluding hydrogens is 209 g/mol. The van der Waals surface area contributed by atoms with Crippen LogP contribution in [0.1, 0.15) is 18.1 Å². The molecule has 0 aromatic heterocycles. The van der Waals surface area contributed by atoms with E-state index in [4.69, 9.17) is 5.26 Å². The molecule has 1 aromatic rings. The highest BCUT2D eigenvalue weighted by Gasteiger charge is 2.01. The Balaban J connectivity index is 2.89. The minimum Gasteiger partial charge on any atom is -0.463 e. The van der Waals surface area contributed by atoms with Crippen molar-refractivity contribution in [3.63, 3.8) is 0 Å². The van der Waals surface area contributed by atoms with Gasteiger partial charge in [0.1, 0.15) is 5.82 Å². The lowest BCUT2D eigenvalue weighted by molar-refractivity contribution is -0.137. The van der Waals surface area contributed by atoms with Crippen LogP contribution in [0.3, 0.4) is 0 Å². The van der Waals surface area contributed by atoms with Crippen LogP contribution in [0.25, 0.3) is 6.08 Å². The zero-order chi connectivity index (χ0) is 12.0. The van der Waals surface area contributed by atoms with Gasteiger partial charge in [-0.25, -0.2) is 9.18 Å². The van der Waals surface area contributed by atoms with Crippen molar-refractivity contribution in [1.29, 1.82) is 5.26 Å². The van der Waals surface area contributed by atoms with E-state index in [0.29, 0.717) is 5.56 Å². The van der Waals surface area contributed by atoms with E-state index < -0.39 is 11.8 Å². The average Bonchev–Trinajstić information content (AvgIpc) is 2.27. The molecule has 0 saturated carbocycles. The third-order valence-electron chi connectivity index (χ3n) is 1.82. The van der Waals surface area contributed by atoms with Gasteiger partial charge in [0.15, 0.2) is 0 Å². The normalized spacial score (nSPS) is 10.1. The monoisotopic (exact) mass is 219 g/mol. The van der Waals surface area contributed by atoms with Crippen molar-refractivity contribution < 1.29 is 13.9 Å². The lowest BCUT2D eigenvalue weighted by Crippen LogP contribution is -1.98. The first-order chi connectivity index (χ1) is 7.67. The molecule has 0 fully saturated rings. The first kappa shape index (κ1) is 11.9. The number of carbonyl (C=O) groups is 1. The molecule has 82 valence electrons. The Morgan fingerprint density at radius 2 is 2.38 bits per heavy atom. The van der Waals surface area contributed by atoms with Gasteiger partial charge in [0.25, 0.3) is 0 Å². The molecule has 4 heteroatoms. The third kappa shape index (κ3) is 3.21. The van der Waals surface area contributed by atoms with Crippen LogP contribution in [-0.4, -0.2) is 12.6 Å². The standard InChI is InChI=1S/C12H10FNO2/c1-2-16-12(15)6-4-9-3-5-11(13)7-10(9)8-14/h3-7H,2H2,1H3/b6-4+. The summed E-state index contributed by atoms with van der Waals surface area (Å²) in [5.41, 5.74) is 0.664. The Hall–Kier alpha value is -2.15. The summed E-state index contributed by atoms with van der Waals surface area (Å²) in [7, 11) is 0. The number of rotatable bonds is 3. The van der Waals surface area contributed by atoms with Crippen molar-refractivity contribution >= 4 is 12.0 Å². The summed E-state index contributed by atoms with van der Waals surface area (Å²) in [4.78, 5) is 11.0. The van der Waals surface area contributed by atoms with Gasteiger partial charge in [-0.15, -0.1) is 0 Å². The van der Waals surface area contributed by atoms with E-state index in [9.17, 15) is 9.18 Å². The number of hydrogen-bond acceptors (Lipinski definition) is 3. The van der Waals surface area contributed by atoms with E-state index in [1.165, 1.54) is 24.3 Å². The molecule has 1 rings (SSSR count). The van der Waals surface area contributed by atoms with Crippen molar-refractivity contribution in [2.45, 2.75) is 6.92 Å². The summed E-state index contributed by atoms with van der Waals surface area (Å²) < 4.78 is 17.5. The van der Waals surface area contributed by atoms with Crippen LogP contribution in [0.15, 0.2) is 24.3 Å². The second-order valence-electron chi connectivity index (χ2n) is 2.93. The maximum absolute atomic E-state index is 12.8. The second kappa shape index (κ2) is 5.66. The number of nitriles is 1. The molecule has 0 spiro atoms. The van der Waals surface area contributed by atoms with Crippen molar-refractivity contribution in [3.05, 3.63) is 41.2 Å². The molecule has 0 heterocycles. The minimum absolute atomic E-state index is 0.181. The molecule has 0 radical (unpaired) electrons. The van der Waals surface area contributed by atoms with E-state index in [-0.39, 0.29) is 12.2 Å². The molecular formula is C12H10FNO2. The summed E-state index contributed by atoms with van der Waals surface area (Å²) in [6, 6.07) is 5.63. The summed E-state index contributed by atoms with van der Waals surface area (Å²) in [6.45, 7) is 1.99. The van der Waals surface area contributed by atoms with Crippen LogP contribution in [-0.2, 0) is 9.53 Å². The summed E-state index contributed by atoms with van der Waals surface area (Å²) in [6.07, 6.45) is 2.63. The number of halogens is 1. The molecule has 0 saturated heterocycles. The van der Waals surface area contributed by atoms with E-state index in [2.05, 4.69) is 4.74 Å². The average molecular weight is 219 g/mol. The summed E-state index contributed by atoms with van der Waals surface area (Å²) in [5, 5.41) is 8.74. The predicted molar refractivity (Wildman–Crippen MR) is 56.8 cm³/mol. The molecule has 1 aromatic carbocycles. The number of carbonyl (C=O) groups excluding carboxylic acids is 1. The van der Waals surface area contributed by atoms with Gasteiger partial charge in [-0.2, -0.15) is 5.26 Å². The number of hydrogen-bond donors (Lipinski definition) is 0. The lowest BCUT2D eigenvalue weighted by atomic mass is 10.1. The van der Waals surface area contributed by atoms with E-state index in [1.807, 2.05) is 6.07 Å². The Labute approximate surface area is 92.8 Å². The molecule has 0 aliphatic heterocycles. The predicted octanol–water partition coefficient (Wildman–Crippen LogP) is 2.27. The molecule has 0 N–H and O–H groups in total. The van der Waals surface area contributed by atoms with Crippen LogP contribution >= 0.6 is 0 Å². The van der Waals surface area contributed by atoms with Crippen LogP contribution < -0.4 is 0 Å². The maximum atomic E-state index is 12.8. The minimum atomic E-state index is -0.490. The van der Waals surface area contributed by atoms with E-state index in [1.54, 1.807) is 6.92 Å². The van der Waals surface area contributed by atoms with Crippen LogP contribution in [0, 0.1) is 17.1 Å². The van der Waals surface area contributed by atoms with Gasteiger partial charge in [-0.1, -0.05) is 6.07 Å². The number of nitrogens with zero attached hydrogens (tertiary/aromatic N) is 1. The highest BCUT2D eigenvalue weighted by molar-refractivity contribution is 5.87. The van der Waals surface area contributed by atoms with E-state index in [0.717, 1.165) is 6.07 Å². The Morgan fingerprint density at radius 3 is 3.00 bits per heavy atom. The van der Waals surface area contributed by atoms with Gasteiger partial charge in [-0.05, 0) is 30.7 Å². The highest BCUT2D eigenvalue weighted by atomic mass is 19.1. The molecule has 16 heavy (non-hydrogen) atoms. The maximum Gasteiger partial charge on any atom is 0.330 e. The lowest BCUT2D eigenvalue weighted by Gasteiger charge is -1.98. The topological polar surface area (TPSA) is 50.1 Å². The Bertz CT molecular complexity index is 461. The molecule has 0 atom stereocenters. The van der Waals surface area contributed by atoms with Crippen molar-refractivity contribution in [2.24, 2.45) is 0 Å². The van der Waals surface area contributed by atoms with Gasteiger partial charge >= 0.3 is 5.97 Å². The van der Waals surface area contributed by atoms with Gasteiger partial charge in [-0.3, -0.25) is 0 Å². The van der Waals surface area contributed by atoms with Gasteiger partial charge in [0.2, 0.25) is 0 Å². The van der Waals surface area contributed by atoms with Crippen LogP contribution in [0.5, 0.6) is 0 Å². The molecule has 0 unspecified atom stereocenters. The van der Waals surface area contributed by atoms with Gasteiger partial charge < -0.3 is 4.74 Å². The van der Waals surface area contributed by atoms with E-state index >= 15 is 0 Å². The Morgan fingerprint density at radius 1 is 1.62 bits per heavy atom. The molecule has 3 nitrogen and oxygen atoms in total. The van der Waals surface area contributed by atoms with Gasteiger partial charge in [0.05, 0.1) is 18.2 Å². The number of ether oxygens (including phenoxy) is 1. The number of benzene rings is 1. The van der Waals surface area contributed by atoms with Crippen LogP contribution in [0.4, 0.5) is 4.39 Å². The second-order valence-corrected chi connectivity index (χ2v) is 2.93. The molecule has 0 bridgehead atoms. The zero-order valence-corrected chi connectivity index (χ0v) is 8.74. The molecule has 0 amide bonds. The largest absolute Gasteiger partial charge is 0.463 e.